The molecule has 1 amide bonds. The van der Waals surface area contributed by atoms with Gasteiger partial charge < -0.3 is 15.2 Å². The van der Waals surface area contributed by atoms with Crippen LogP contribution in [0.5, 0.6) is 0 Å². The van der Waals surface area contributed by atoms with Crippen LogP contribution < -0.4 is 5.32 Å². The van der Waals surface area contributed by atoms with E-state index in [1.54, 1.807) is 13.0 Å². The van der Waals surface area contributed by atoms with Gasteiger partial charge >= 0.3 is 5.97 Å². The normalized spacial score (nSPS) is 19.0. The summed E-state index contributed by atoms with van der Waals surface area (Å²) in [5.41, 5.74) is 4.12. The van der Waals surface area contributed by atoms with E-state index in [0.29, 0.717) is 5.69 Å². The summed E-state index contributed by atoms with van der Waals surface area (Å²) in [4.78, 5) is 25.0. The van der Waals surface area contributed by atoms with Crippen molar-refractivity contribution in [2.75, 3.05) is 18.5 Å². The van der Waals surface area contributed by atoms with Crippen LogP contribution in [0.3, 0.4) is 0 Å². The Hall–Kier alpha value is -2.75. The van der Waals surface area contributed by atoms with Crippen molar-refractivity contribution >= 4 is 27.6 Å². The van der Waals surface area contributed by atoms with Gasteiger partial charge in [0.05, 0.1) is 11.0 Å². The molecule has 0 bridgehead atoms. The SMILES string of the molecule is Cc1ccc(S(=O)(=O)N2CC(O)CC2C(=O)OCC(=O)Nc2c(C)cccc2C)cc1C. The van der Waals surface area contributed by atoms with Crippen LogP contribution in [0.2, 0.25) is 0 Å². The number of benzene rings is 2. The molecular formula is C23H28N2O6S. The topological polar surface area (TPSA) is 113 Å². The first-order valence-corrected chi connectivity index (χ1v) is 11.7. The number of esters is 1. The maximum atomic E-state index is 13.1. The monoisotopic (exact) mass is 460 g/mol. The van der Waals surface area contributed by atoms with Gasteiger partial charge in [-0.2, -0.15) is 4.31 Å². The quantitative estimate of drug-likeness (QED) is 0.639. The van der Waals surface area contributed by atoms with Crippen molar-refractivity contribution in [1.29, 1.82) is 0 Å². The van der Waals surface area contributed by atoms with E-state index in [1.165, 1.54) is 12.1 Å². The molecule has 2 N–H and O–H groups in total. The smallest absolute Gasteiger partial charge is 0.325 e. The molecule has 1 aliphatic heterocycles. The van der Waals surface area contributed by atoms with Crippen LogP contribution >= 0.6 is 0 Å². The van der Waals surface area contributed by atoms with E-state index in [1.807, 2.05) is 39.0 Å². The molecule has 32 heavy (non-hydrogen) atoms. The Morgan fingerprint density at radius 3 is 2.34 bits per heavy atom. The maximum absolute atomic E-state index is 13.1. The number of sulfonamides is 1. The molecule has 0 saturated carbocycles. The number of hydrogen-bond donors (Lipinski definition) is 2. The molecule has 2 aromatic rings. The van der Waals surface area contributed by atoms with Crippen molar-refractivity contribution in [3.63, 3.8) is 0 Å². The Balaban J connectivity index is 1.71. The highest BCUT2D eigenvalue weighted by Gasteiger charge is 2.44. The number of aryl methyl sites for hydroxylation is 4. The maximum Gasteiger partial charge on any atom is 0.325 e. The van der Waals surface area contributed by atoms with Gasteiger partial charge in [-0.15, -0.1) is 0 Å². The Morgan fingerprint density at radius 2 is 1.72 bits per heavy atom. The summed E-state index contributed by atoms with van der Waals surface area (Å²) < 4.78 is 32.4. The van der Waals surface area contributed by atoms with Crippen molar-refractivity contribution in [1.82, 2.24) is 4.31 Å². The number of hydrogen-bond acceptors (Lipinski definition) is 6. The summed E-state index contributed by atoms with van der Waals surface area (Å²) in [7, 11) is -4.03. The van der Waals surface area contributed by atoms with E-state index in [2.05, 4.69) is 5.32 Å². The number of β-amino-alcohol motifs (C(OH)–C–C–N with tert-alkyl or cyclic N) is 1. The van der Waals surface area contributed by atoms with E-state index in [9.17, 15) is 23.1 Å². The van der Waals surface area contributed by atoms with Crippen molar-refractivity contribution in [2.24, 2.45) is 0 Å². The van der Waals surface area contributed by atoms with Gasteiger partial charge in [-0.05, 0) is 62.1 Å². The summed E-state index contributed by atoms with van der Waals surface area (Å²) in [6, 6.07) is 9.08. The second-order valence-corrected chi connectivity index (χ2v) is 10.0. The van der Waals surface area contributed by atoms with Crippen molar-refractivity contribution < 1.29 is 27.9 Å². The number of nitrogens with zero attached hydrogens (tertiary/aromatic N) is 1. The van der Waals surface area contributed by atoms with Gasteiger partial charge in [0.2, 0.25) is 10.0 Å². The summed E-state index contributed by atoms with van der Waals surface area (Å²) in [6.07, 6.45) is -1.10. The van der Waals surface area contributed by atoms with Gasteiger partial charge in [-0.25, -0.2) is 8.42 Å². The third kappa shape index (κ3) is 5.01. The van der Waals surface area contributed by atoms with Gasteiger partial charge in [0.15, 0.2) is 6.61 Å². The van der Waals surface area contributed by atoms with Crippen molar-refractivity contribution in [3.05, 3.63) is 58.7 Å². The van der Waals surface area contributed by atoms with Crippen LogP contribution in [0.1, 0.15) is 28.7 Å². The number of aliphatic hydroxyl groups is 1. The molecule has 1 heterocycles. The number of carbonyl (C=O) groups is 2. The van der Waals surface area contributed by atoms with Crippen molar-refractivity contribution in [3.8, 4) is 0 Å². The fraction of sp³-hybridized carbons (Fsp3) is 0.391. The lowest BCUT2D eigenvalue weighted by Crippen LogP contribution is -2.42. The average Bonchev–Trinajstić information content (AvgIpc) is 3.13. The summed E-state index contributed by atoms with van der Waals surface area (Å²) in [5.74, 6) is -1.40. The third-order valence-corrected chi connectivity index (χ3v) is 7.55. The molecule has 1 saturated heterocycles. The highest BCUT2D eigenvalue weighted by Crippen LogP contribution is 2.28. The number of para-hydroxylation sites is 1. The largest absolute Gasteiger partial charge is 0.454 e. The first-order chi connectivity index (χ1) is 15.0. The molecule has 8 nitrogen and oxygen atoms in total. The summed E-state index contributed by atoms with van der Waals surface area (Å²) >= 11 is 0. The van der Waals surface area contributed by atoms with Crippen molar-refractivity contribution in [2.45, 2.75) is 51.2 Å². The Bertz CT molecular complexity index is 1120. The number of rotatable bonds is 6. The van der Waals surface area contributed by atoms with E-state index < -0.39 is 40.7 Å². The van der Waals surface area contributed by atoms with Crippen LogP contribution in [0.15, 0.2) is 41.3 Å². The lowest BCUT2D eigenvalue weighted by molar-refractivity contribution is -0.150. The Morgan fingerprint density at radius 1 is 1.06 bits per heavy atom. The molecule has 3 rings (SSSR count). The highest BCUT2D eigenvalue weighted by atomic mass is 32.2. The second-order valence-electron chi connectivity index (χ2n) is 8.15. The molecule has 0 aliphatic carbocycles. The van der Waals surface area contributed by atoms with E-state index in [0.717, 1.165) is 26.6 Å². The minimum Gasteiger partial charge on any atom is -0.454 e. The fourth-order valence-corrected chi connectivity index (χ4v) is 5.41. The predicted molar refractivity (Wildman–Crippen MR) is 120 cm³/mol. The molecule has 9 heteroatoms. The standard InChI is InChI=1S/C23H28N2O6S/c1-14-8-9-19(10-17(14)4)32(29,30)25-12-18(26)11-20(25)23(28)31-13-21(27)24-22-15(2)6-5-7-16(22)3/h5-10,18,20,26H,11-13H2,1-4H3,(H,24,27). The number of ether oxygens (including phenoxy) is 1. The number of anilines is 1. The number of amides is 1. The molecule has 172 valence electrons. The van der Waals surface area contributed by atoms with Crippen LogP contribution in [0.25, 0.3) is 0 Å². The van der Waals surface area contributed by atoms with Crippen LogP contribution in [-0.4, -0.2) is 55.0 Å². The first kappa shape index (κ1) is 23.9. The Kier molecular flexibility index (Phi) is 7.02. The number of carbonyl (C=O) groups excluding carboxylic acids is 2. The zero-order chi connectivity index (χ0) is 23.6. The zero-order valence-corrected chi connectivity index (χ0v) is 19.4. The van der Waals surface area contributed by atoms with E-state index in [4.69, 9.17) is 4.74 Å². The molecule has 1 aliphatic rings. The summed E-state index contributed by atoms with van der Waals surface area (Å²) in [5, 5.41) is 12.8. The van der Waals surface area contributed by atoms with E-state index in [-0.39, 0.29) is 17.9 Å². The Labute approximate surface area is 188 Å². The second kappa shape index (κ2) is 9.40. The van der Waals surface area contributed by atoms with Crippen LogP contribution in [-0.2, 0) is 24.3 Å². The van der Waals surface area contributed by atoms with Crippen LogP contribution in [0, 0.1) is 27.7 Å². The molecule has 0 spiro atoms. The van der Waals surface area contributed by atoms with E-state index >= 15 is 0 Å². The van der Waals surface area contributed by atoms with Gasteiger partial charge in [-0.3, -0.25) is 9.59 Å². The lowest BCUT2D eigenvalue weighted by atomic mass is 10.1. The first-order valence-electron chi connectivity index (χ1n) is 10.3. The highest BCUT2D eigenvalue weighted by molar-refractivity contribution is 7.89. The molecule has 0 aromatic heterocycles. The van der Waals surface area contributed by atoms with Crippen LogP contribution in [0.4, 0.5) is 5.69 Å². The van der Waals surface area contributed by atoms with Gasteiger partial charge in [-0.1, -0.05) is 24.3 Å². The van der Waals surface area contributed by atoms with Gasteiger partial charge in [0.1, 0.15) is 6.04 Å². The minimum atomic E-state index is -4.03. The molecule has 2 aromatic carbocycles. The fourth-order valence-electron chi connectivity index (χ4n) is 3.69. The van der Waals surface area contributed by atoms with Gasteiger partial charge in [0.25, 0.3) is 5.91 Å². The average molecular weight is 461 g/mol. The number of nitrogens with one attached hydrogen (secondary N) is 1. The molecule has 1 fully saturated rings. The summed E-state index contributed by atoms with van der Waals surface area (Å²) in [6.45, 7) is 6.59. The predicted octanol–water partition coefficient (Wildman–Crippen LogP) is 2.23. The molecule has 2 atom stereocenters. The molecular weight excluding hydrogens is 432 g/mol. The number of aliphatic hydroxyl groups excluding tert-OH is 1. The molecule has 2 unspecified atom stereocenters. The lowest BCUT2D eigenvalue weighted by Gasteiger charge is -2.23. The zero-order valence-electron chi connectivity index (χ0n) is 18.6. The molecule has 0 radical (unpaired) electrons. The van der Waals surface area contributed by atoms with Gasteiger partial charge in [0, 0.05) is 18.7 Å². The minimum absolute atomic E-state index is 0.0419. The third-order valence-electron chi connectivity index (χ3n) is 5.68.